The molecule has 1 heterocycles. The average Bonchev–Trinajstić information content (AvgIpc) is 3.03. The van der Waals surface area contributed by atoms with Crippen LogP contribution in [0.1, 0.15) is 47.3 Å². The maximum Gasteiger partial charge on any atom is 0.251 e. The molecule has 0 fully saturated rings. The van der Waals surface area contributed by atoms with Crippen molar-refractivity contribution in [3.05, 3.63) is 64.7 Å². The van der Waals surface area contributed by atoms with Crippen molar-refractivity contribution < 1.29 is 9.59 Å². The summed E-state index contributed by atoms with van der Waals surface area (Å²) in [5.41, 5.74) is 5.06. The summed E-state index contributed by atoms with van der Waals surface area (Å²) in [5, 5.41) is 2.97. The van der Waals surface area contributed by atoms with Crippen molar-refractivity contribution in [2.75, 3.05) is 11.4 Å². The van der Waals surface area contributed by atoms with Gasteiger partial charge in [-0.25, -0.2) is 0 Å². The zero-order valence-electron chi connectivity index (χ0n) is 15.7. The predicted molar refractivity (Wildman–Crippen MR) is 104 cm³/mol. The molecule has 136 valence electrons. The molecule has 0 saturated carbocycles. The minimum atomic E-state index is -0.0702. The van der Waals surface area contributed by atoms with Gasteiger partial charge in [-0.05, 0) is 48.6 Å². The normalized spacial score (nSPS) is 13.0. The van der Waals surface area contributed by atoms with Crippen LogP contribution in [0, 0.1) is 12.8 Å². The van der Waals surface area contributed by atoms with Crippen LogP contribution in [-0.4, -0.2) is 18.4 Å². The molecule has 0 aliphatic carbocycles. The maximum absolute atomic E-state index is 12.4. The summed E-state index contributed by atoms with van der Waals surface area (Å²) in [7, 11) is 0. The van der Waals surface area contributed by atoms with E-state index >= 15 is 0 Å². The first-order valence-electron chi connectivity index (χ1n) is 9.21. The highest BCUT2D eigenvalue weighted by Crippen LogP contribution is 2.30. The number of hydrogen-bond acceptors (Lipinski definition) is 2. The zero-order chi connectivity index (χ0) is 18.7. The number of nitrogens with one attached hydrogen (secondary N) is 1. The van der Waals surface area contributed by atoms with Crippen molar-refractivity contribution in [2.45, 2.75) is 40.2 Å². The van der Waals surface area contributed by atoms with Gasteiger partial charge in [0.15, 0.2) is 0 Å². The molecule has 0 spiro atoms. The van der Waals surface area contributed by atoms with Crippen LogP contribution in [0.5, 0.6) is 0 Å². The Kier molecular flexibility index (Phi) is 5.40. The van der Waals surface area contributed by atoms with E-state index in [9.17, 15) is 9.59 Å². The molecule has 2 aromatic rings. The van der Waals surface area contributed by atoms with Gasteiger partial charge in [0.25, 0.3) is 5.91 Å². The Morgan fingerprint density at radius 3 is 2.54 bits per heavy atom. The topological polar surface area (TPSA) is 49.4 Å². The van der Waals surface area contributed by atoms with Crippen molar-refractivity contribution in [3.8, 4) is 0 Å². The van der Waals surface area contributed by atoms with Crippen molar-refractivity contribution in [1.29, 1.82) is 0 Å². The number of benzene rings is 2. The largest absolute Gasteiger partial charge is 0.348 e. The lowest BCUT2D eigenvalue weighted by molar-refractivity contribution is -0.119. The van der Waals surface area contributed by atoms with Gasteiger partial charge in [-0.15, -0.1) is 0 Å². The van der Waals surface area contributed by atoms with Gasteiger partial charge >= 0.3 is 0 Å². The molecule has 1 aliphatic rings. The fraction of sp³-hybridized carbons (Fsp3) is 0.364. The van der Waals surface area contributed by atoms with Crippen LogP contribution in [0.15, 0.2) is 42.5 Å². The number of carbonyl (C=O) groups excluding carboxylic acids is 2. The molecule has 2 amide bonds. The lowest BCUT2D eigenvalue weighted by Crippen LogP contribution is -2.29. The van der Waals surface area contributed by atoms with Crippen molar-refractivity contribution in [3.63, 3.8) is 0 Å². The predicted octanol–water partition coefficient (Wildman–Crippen LogP) is 3.86. The molecule has 0 saturated heterocycles. The van der Waals surface area contributed by atoms with E-state index in [-0.39, 0.29) is 11.8 Å². The van der Waals surface area contributed by atoms with Crippen molar-refractivity contribution in [2.24, 2.45) is 5.92 Å². The Morgan fingerprint density at radius 1 is 1.12 bits per heavy atom. The fourth-order valence-corrected chi connectivity index (χ4v) is 3.27. The summed E-state index contributed by atoms with van der Waals surface area (Å²) in [4.78, 5) is 26.5. The SMILES string of the molecule is Cc1ccc(C(=O)NCc2ccc3c(c2)CCN3C(=O)CC(C)C)cc1. The molecule has 4 nitrogen and oxygen atoms in total. The van der Waals surface area contributed by atoms with E-state index in [2.05, 4.69) is 25.2 Å². The second-order valence-electron chi connectivity index (χ2n) is 7.41. The molecule has 0 aromatic heterocycles. The highest BCUT2D eigenvalue weighted by atomic mass is 16.2. The van der Waals surface area contributed by atoms with Gasteiger partial charge in [0.05, 0.1) is 0 Å². The van der Waals surface area contributed by atoms with Crippen LogP contribution < -0.4 is 10.2 Å². The minimum Gasteiger partial charge on any atom is -0.348 e. The van der Waals surface area contributed by atoms with E-state index in [1.54, 1.807) is 0 Å². The maximum atomic E-state index is 12.4. The van der Waals surface area contributed by atoms with Crippen molar-refractivity contribution >= 4 is 17.5 Å². The molecule has 2 aromatic carbocycles. The average molecular weight is 350 g/mol. The quantitative estimate of drug-likeness (QED) is 0.890. The first-order valence-corrected chi connectivity index (χ1v) is 9.21. The number of hydrogen-bond donors (Lipinski definition) is 1. The number of rotatable bonds is 5. The monoisotopic (exact) mass is 350 g/mol. The van der Waals surface area contributed by atoms with E-state index < -0.39 is 0 Å². The van der Waals surface area contributed by atoms with Crippen LogP contribution in [-0.2, 0) is 17.8 Å². The Labute approximate surface area is 155 Å². The van der Waals surface area contributed by atoms with Gasteiger partial charge < -0.3 is 10.2 Å². The third kappa shape index (κ3) is 4.13. The number of carbonyl (C=O) groups is 2. The van der Waals surface area contributed by atoms with Gasteiger partial charge in [-0.3, -0.25) is 9.59 Å². The fourth-order valence-electron chi connectivity index (χ4n) is 3.27. The molecule has 4 heteroatoms. The van der Waals surface area contributed by atoms with E-state index in [0.717, 1.165) is 29.8 Å². The molecule has 3 rings (SSSR count). The van der Waals surface area contributed by atoms with Crippen LogP contribution in [0.2, 0.25) is 0 Å². The van der Waals surface area contributed by atoms with E-state index in [1.807, 2.05) is 48.2 Å². The van der Waals surface area contributed by atoms with E-state index in [4.69, 9.17) is 0 Å². The third-order valence-electron chi connectivity index (χ3n) is 4.69. The third-order valence-corrected chi connectivity index (χ3v) is 4.69. The minimum absolute atomic E-state index is 0.0702. The van der Waals surface area contributed by atoms with Gasteiger partial charge in [0.1, 0.15) is 0 Å². The molecule has 0 radical (unpaired) electrons. The second-order valence-corrected chi connectivity index (χ2v) is 7.41. The lowest BCUT2D eigenvalue weighted by atomic mass is 10.1. The van der Waals surface area contributed by atoms with E-state index in [0.29, 0.717) is 24.4 Å². The molecular weight excluding hydrogens is 324 g/mol. The van der Waals surface area contributed by atoms with Crippen LogP contribution in [0.3, 0.4) is 0 Å². The van der Waals surface area contributed by atoms with Gasteiger partial charge in [-0.1, -0.05) is 43.7 Å². The number of nitrogens with zero attached hydrogens (tertiary/aromatic N) is 1. The zero-order valence-corrected chi connectivity index (χ0v) is 15.7. The number of anilines is 1. The Bertz CT molecular complexity index is 809. The number of aryl methyl sites for hydroxylation is 1. The first-order chi connectivity index (χ1) is 12.4. The summed E-state index contributed by atoms with van der Waals surface area (Å²) in [6.07, 6.45) is 1.45. The number of fused-ring (bicyclic) bond motifs is 1. The molecule has 0 unspecified atom stereocenters. The summed E-state index contributed by atoms with van der Waals surface area (Å²) >= 11 is 0. The Balaban J connectivity index is 1.64. The molecule has 0 bridgehead atoms. The highest BCUT2D eigenvalue weighted by molar-refractivity contribution is 5.96. The first kappa shape index (κ1) is 18.2. The summed E-state index contributed by atoms with van der Waals surface area (Å²) in [6.45, 7) is 7.37. The standard InChI is InChI=1S/C22H26N2O2/c1-15(2)12-21(25)24-11-10-19-13-17(6-9-20(19)24)14-23-22(26)18-7-4-16(3)5-8-18/h4-9,13,15H,10-12,14H2,1-3H3,(H,23,26). The molecule has 1 aliphatic heterocycles. The molecular formula is C22H26N2O2. The van der Waals surface area contributed by atoms with Gasteiger partial charge in [0, 0.05) is 30.8 Å². The smallest absolute Gasteiger partial charge is 0.251 e. The lowest BCUT2D eigenvalue weighted by Gasteiger charge is -2.18. The van der Waals surface area contributed by atoms with Crippen LogP contribution >= 0.6 is 0 Å². The van der Waals surface area contributed by atoms with Crippen molar-refractivity contribution in [1.82, 2.24) is 5.32 Å². The molecule has 26 heavy (non-hydrogen) atoms. The highest BCUT2D eigenvalue weighted by Gasteiger charge is 2.25. The van der Waals surface area contributed by atoms with Gasteiger partial charge in [0.2, 0.25) is 5.91 Å². The van der Waals surface area contributed by atoms with Crippen LogP contribution in [0.4, 0.5) is 5.69 Å². The second kappa shape index (κ2) is 7.73. The Morgan fingerprint density at radius 2 is 1.85 bits per heavy atom. The summed E-state index contributed by atoms with van der Waals surface area (Å²) < 4.78 is 0. The molecule has 0 atom stereocenters. The Hall–Kier alpha value is -2.62. The summed E-state index contributed by atoms with van der Waals surface area (Å²) in [6, 6.07) is 13.7. The molecule has 1 N–H and O–H groups in total. The van der Waals surface area contributed by atoms with Crippen LogP contribution in [0.25, 0.3) is 0 Å². The van der Waals surface area contributed by atoms with Gasteiger partial charge in [-0.2, -0.15) is 0 Å². The van der Waals surface area contributed by atoms with E-state index in [1.165, 1.54) is 5.56 Å². The number of amides is 2. The summed E-state index contributed by atoms with van der Waals surface area (Å²) in [5.74, 6) is 0.487.